The molecule has 0 saturated carbocycles. The molecule has 0 aliphatic carbocycles. The number of hydrogen-bond donors (Lipinski definition) is 0. The summed E-state index contributed by atoms with van der Waals surface area (Å²) in [7, 11) is -3.56. The van der Waals surface area contributed by atoms with Crippen LogP contribution in [-0.2, 0) is 27.0 Å². The van der Waals surface area contributed by atoms with E-state index in [0.29, 0.717) is 48.1 Å². The number of anilines is 1. The highest BCUT2D eigenvalue weighted by Crippen LogP contribution is 2.32. The summed E-state index contributed by atoms with van der Waals surface area (Å²) in [6.07, 6.45) is 1.91. The molecule has 2 aromatic carbocycles. The molecular formula is C21H22Cl2N2O3S. The van der Waals surface area contributed by atoms with Crippen LogP contribution in [0.25, 0.3) is 0 Å². The van der Waals surface area contributed by atoms with E-state index in [4.69, 9.17) is 23.2 Å². The molecular weight excluding hydrogens is 431 g/mol. The van der Waals surface area contributed by atoms with Gasteiger partial charge in [-0.2, -0.15) is 0 Å². The fraction of sp³-hybridized carbons (Fsp3) is 0.381. The fourth-order valence-electron chi connectivity index (χ4n) is 4.11. The topological polar surface area (TPSA) is 57.7 Å². The SMILES string of the molecule is O=C(C1CCN(S(=O)(=O)Cc2c(Cl)cccc2Cl)CC1)N1CCc2ccccc21. The summed E-state index contributed by atoms with van der Waals surface area (Å²) in [5.74, 6) is -0.290. The van der Waals surface area contributed by atoms with E-state index in [1.807, 2.05) is 23.1 Å². The van der Waals surface area contributed by atoms with Crippen LogP contribution >= 0.6 is 23.2 Å². The number of piperidine rings is 1. The van der Waals surface area contributed by atoms with Gasteiger partial charge in [0.15, 0.2) is 0 Å². The second kappa shape index (κ2) is 8.26. The molecule has 0 unspecified atom stereocenters. The van der Waals surface area contributed by atoms with Crippen molar-refractivity contribution < 1.29 is 13.2 Å². The Balaban J connectivity index is 1.41. The number of nitrogens with zero attached hydrogens (tertiary/aromatic N) is 2. The van der Waals surface area contributed by atoms with Crippen molar-refractivity contribution in [1.82, 2.24) is 4.31 Å². The summed E-state index contributed by atoms with van der Waals surface area (Å²) < 4.78 is 27.2. The second-order valence-electron chi connectivity index (χ2n) is 7.50. The number of sulfonamides is 1. The average molecular weight is 453 g/mol. The van der Waals surface area contributed by atoms with Gasteiger partial charge in [-0.3, -0.25) is 4.79 Å². The number of fused-ring (bicyclic) bond motifs is 1. The molecule has 1 fully saturated rings. The van der Waals surface area contributed by atoms with Gasteiger partial charge in [0.25, 0.3) is 0 Å². The van der Waals surface area contributed by atoms with Gasteiger partial charge in [-0.05, 0) is 43.0 Å². The van der Waals surface area contributed by atoms with E-state index in [1.54, 1.807) is 18.2 Å². The van der Waals surface area contributed by atoms with E-state index in [-0.39, 0.29) is 17.6 Å². The molecule has 0 aromatic heterocycles. The third kappa shape index (κ3) is 4.17. The Morgan fingerprint density at radius 2 is 1.62 bits per heavy atom. The number of halogens is 2. The number of rotatable bonds is 4. The lowest BCUT2D eigenvalue weighted by Crippen LogP contribution is -2.44. The van der Waals surface area contributed by atoms with Crippen molar-refractivity contribution in [3.8, 4) is 0 Å². The first-order chi connectivity index (χ1) is 13.9. The molecule has 1 amide bonds. The van der Waals surface area contributed by atoms with Crippen LogP contribution in [0.4, 0.5) is 5.69 Å². The Bertz CT molecular complexity index is 1010. The zero-order valence-electron chi connectivity index (χ0n) is 15.9. The van der Waals surface area contributed by atoms with Gasteiger partial charge in [0.2, 0.25) is 15.9 Å². The van der Waals surface area contributed by atoms with Crippen LogP contribution in [0, 0.1) is 5.92 Å². The van der Waals surface area contributed by atoms with Crippen LogP contribution in [0.3, 0.4) is 0 Å². The Labute approximate surface area is 181 Å². The molecule has 0 atom stereocenters. The average Bonchev–Trinajstić information content (AvgIpc) is 3.15. The molecule has 154 valence electrons. The number of hydrogen-bond acceptors (Lipinski definition) is 3. The first kappa shape index (κ1) is 20.7. The van der Waals surface area contributed by atoms with Gasteiger partial charge in [0.05, 0.1) is 5.75 Å². The van der Waals surface area contributed by atoms with E-state index < -0.39 is 10.0 Å². The van der Waals surface area contributed by atoms with Gasteiger partial charge < -0.3 is 4.90 Å². The Kier molecular flexibility index (Phi) is 5.89. The van der Waals surface area contributed by atoms with E-state index in [1.165, 1.54) is 9.87 Å². The van der Waals surface area contributed by atoms with Gasteiger partial charge in [-0.25, -0.2) is 12.7 Å². The third-order valence-corrected chi connectivity index (χ3v) is 8.25. The molecule has 0 bridgehead atoms. The number of amides is 1. The molecule has 2 aliphatic rings. The molecule has 2 heterocycles. The quantitative estimate of drug-likeness (QED) is 0.700. The van der Waals surface area contributed by atoms with Crippen LogP contribution in [0.15, 0.2) is 42.5 Å². The standard InChI is InChI=1S/C21H22Cl2N2O3S/c22-18-5-3-6-19(23)17(18)14-29(27,28)24-11-8-16(9-12-24)21(26)25-13-10-15-4-1-2-7-20(15)25/h1-7,16H,8-14H2. The number of carbonyl (C=O) groups is 1. The summed E-state index contributed by atoms with van der Waals surface area (Å²) in [5.41, 5.74) is 2.60. The van der Waals surface area contributed by atoms with Crippen molar-refractivity contribution in [3.05, 3.63) is 63.6 Å². The van der Waals surface area contributed by atoms with Gasteiger partial charge in [-0.15, -0.1) is 0 Å². The minimum absolute atomic E-state index is 0.0983. The molecule has 4 rings (SSSR count). The minimum Gasteiger partial charge on any atom is -0.312 e. The molecule has 0 radical (unpaired) electrons. The van der Waals surface area contributed by atoms with Gasteiger partial charge in [0, 0.05) is 46.8 Å². The molecule has 29 heavy (non-hydrogen) atoms. The fourth-order valence-corrected chi connectivity index (χ4v) is 6.43. The first-order valence-corrected chi connectivity index (χ1v) is 12.0. The van der Waals surface area contributed by atoms with Crippen LogP contribution in [0.5, 0.6) is 0 Å². The summed E-state index contributed by atoms with van der Waals surface area (Å²) in [5, 5.41) is 0.692. The van der Waals surface area contributed by atoms with Crippen LogP contribution in [0.1, 0.15) is 24.0 Å². The highest BCUT2D eigenvalue weighted by molar-refractivity contribution is 7.88. The molecule has 1 saturated heterocycles. The van der Waals surface area contributed by atoms with Gasteiger partial charge in [-0.1, -0.05) is 47.5 Å². The van der Waals surface area contributed by atoms with Crippen molar-refractivity contribution >= 4 is 44.8 Å². The summed E-state index contributed by atoms with van der Waals surface area (Å²) in [6, 6.07) is 12.9. The van der Waals surface area contributed by atoms with E-state index in [0.717, 1.165) is 12.1 Å². The molecule has 8 heteroatoms. The highest BCUT2D eigenvalue weighted by atomic mass is 35.5. The van der Waals surface area contributed by atoms with E-state index in [2.05, 4.69) is 6.07 Å². The van der Waals surface area contributed by atoms with Crippen molar-refractivity contribution in [2.75, 3.05) is 24.5 Å². The van der Waals surface area contributed by atoms with E-state index >= 15 is 0 Å². The Morgan fingerprint density at radius 1 is 0.966 bits per heavy atom. The molecule has 0 N–H and O–H groups in total. The Morgan fingerprint density at radius 3 is 2.31 bits per heavy atom. The van der Waals surface area contributed by atoms with Crippen molar-refractivity contribution in [2.45, 2.75) is 25.0 Å². The lowest BCUT2D eigenvalue weighted by atomic mass is 9.96. The largest absolute Gasteiger partial charge is 0.312 e. The zero-order chi connectivity index (χ0) is 20.6. The number of carbonyl (C=O) groups excluding carboxylic acids is 1. The molecule has 0 spiro atoms. The van der Waals surface area contributed by atoms with Gasteiger partial charge in [0.1, 0.15) is 0 Å². The normalized spacial score (nSPS) is 18.1. The molecule has 2 aliphatic heterocycles. The maximum atomic E-state index is 13.0. The van der Waals surface area contributed by atoms with Crippen molar-refractivity contribution in [1.29, 1.82) is 0 Å². The smallest absolute Gasteiger partial charge is 0.230 e. The van der Waals surface area contributed by atoms with Crippen molar-refractivity contribution in [2.24, 2.45) is 5.92 Å². The second-order valence-corrected chi connectivity index (χ2v) is 10.3. The zero-order valence-corrected chi connectivity index (χ0v) is 18.2. The lowest BCUT2D eigenvalue weighted by molar-refractivity contribution is -0.123. The van der Waals surface area contributed by atoms with Gasteiger partial charge >= 0.3 is 0 Å². The third-order valence-electron chi connectivity index (χ3n) is 5.74. The number of para-hydroxylation sites is 1. The van der Waals surface area contributed by atoms with Crippen LogP contribution < -0.4 is 4.90 Å². The lowest BCUT2D eigenvalue weighted by Gasteiger charge is -2.32. The maximum absolute atomic E-state index is 13.0. The summed E-state index contributed by atoms with van der Waals surface area (Å²) >= 11 is 12.3. The predicted molar refractivity (Wildman–Crippen MR) is 116 cm³/mol. The predicted octanol–water partition coefficient (Wildman–Crippen LogP) is 4.12. The van der Waals surface area contributed by atoms with Crippen LogP contribution in [0.2, 0.25) is 10.0 Å². The Hall–Kier alpha value is -1.60. The maximum Gasteiger partial charge on any atom is 0.230 e. The van der Waals surface area contributed by atoms with Crippen LogP contribution in [-0.4, -0.2) is 38.3 Å². The van der Waals surface area contributed by atoms with E-state index in [9.17, 15) is 13.2 Å². The first-order valence-electron chi connectivity index (χ1n) is 9.67. The molecule has 5 nitrogen and oxygen atoms in total. The summed E-state index contributed by atoms with van der Waals surface area (Å²) in [6.45, 7) is 1.36. The monoisotopic (exact) mass is 452 g/mol. The van der Waals surface area contributed by atoms with Crippen molar-refractivity contribution in [3.63, 3.8) is 0 Å². The highest BCUT2D eigenvalue weighted by Gasteiger charge is 2.35. The number of benzene rings is 2. The minimum atomic E-state index is -3.56. The molecule has 2 aromatic rings. The summed E-state index contributed by atoms with van der Waals surface area (Å²) in [4.78, 5) is 14.9.